The number of rotatable bonds is 6. The van der Waals surface area contributed by atoms with Gasteiger partial charge in [-0.2, -0.15) is 0 Å². The minimum atomic E-state index is -0.449. The van der Waals surface area contributed by atoms with Crippen molar-refractivity contribution >= 4 is 6.09 Å². The predicted octanol–water partition coefficient (Wildman–Crippen LogP) is 4.68. The van der Waals surface area contributed by atoms with Crippen molar-refractivity contribution in [3.8, 4) is 0 Å². The number of hydrogen-bond acceptors (Lipinski definition) is 3. The van der Waals surface area contributed by atoms with Gasteiger partial charge in [-0.05, 0) is 40.0 Å². The van der Waals surface area contributed by atoms with Crippen molar-refractivity contribution in [3.05, 3.63) is 11.6 Å². The number of hydrogen-bond donors (Lipinski definition) is 0. The first-order chi connectivity index (χ1) is 10.9. The molecule has 1 fully saturated rings. The molecule has 2 unspecified atom stereocenters. The van der Waals surface area contributed by atoms with Crippen molar-refractivity contribution in [2.24, 2.45) is 0 Å². The Morgan fingerprint density at radius 1 is 1.26 bits per heavy atom. The van der Waals surface area contributed by atoms with Gasteiger partial charge in [0.25, 0.3) is 0 Å². The summed E-state index contributed by atoms with van der Waals surface area (Å²) >= 11 is 0. The lowest BCUT2D eigenvalue weighted by atomic mass is 9.91. The summed E-state index contributed by atoms with van der Waals surface area (Å²) in [5, 5.41) is 0. The maximum Gasteiger partial charge on any atom is 0.411 e. The van der Waals surface area contributed by atoms with E-state index in [4.69, 9.17) is 9.47 Å². The third-order valence-electron chi connectivity index (χ3n) is 4.48. The second-order valence-corrected chi connectivity index (χ2v) is 7.84. The van der Waals surface area contributed by atoms with Gasteiger partial charge in [0, 0.05) is 0 Å². The average molecular weight is 323 g/mol. The molecule has 0 N–H and O–H groups in total. The molecule has 2 atom stereocenters. The van der Waals surface area contributed by atoms with E-state index in [0.717, 1.165) is 6.42 Å². The fourth-order valence-corrected chi connectivity index (χ4v) is 3.42. The lowest BCUT2D eigenvalue weighted by molar-refractivity contribution is -0.0538. The number of ether oxygens (including phenoxy) is 2. The van der Waals surface area contributed by atoms with E-state index in [1.807, 2.05) is 25.7 Å². The van der Waals surface area contributed by atoms with E-state index in [2.05, 4.69) is 13.0 Å². The smallest absolute Gasteiger partial charge is 0.411 e. The Hall–Kier alpha value is -1.03. The Balaban J connectivity index is 1.92. The summed E-state index contributed by atoms with van der Waals surface area (Å²) in [7, 11) is 0. The molecule has 2 heterocycles. The Kier molecular flexibility index (Phi) is 6.51. The number of fused-ring (bicyclic) bond motifs is 2. The van der Waals surface area contributed by atoms with Crippen LogP contribution in [0, 0.1) is 0 Å². The van der Waals surface area contributed by atoms with Crippen LogP contribution in [0.5, 0.6) is 0 Å². The molecule has 0 spiro atoms. The SMILES string of the molecule is CCCCCCCC1=CC2COCC(C1)N2C(=O)OC(C)(C)C. The lowest BCUT2D eigenvalue weighted by Gasteiger charge is -2.44. The molecular formula is C19H33NO3. The zero-order valence-corrected chi connectivity index (χ0v) is 15.3. The molecule has 4 heteroatoms. The van der Waals surface area contributed by atoms with Crippen LogP contribution in [0.25, 0.3) is 0 Å². The van der Waals surface area contributed by atoms with Crippen molar-refractivity contribution in [2.45, 2.75) is 90.3 Å². The average Bonchev–Trinajstić information content (AvgIpc) is 2.44. The highest BCUT2D eigenvalue weighted by Crippen LogP contribution is 2.31. The van der Waals surface area contributed by atoms with Crippen molar-refractivity contribution in [1.29, 1.82) is 0 Å². The fraction of sp³-hybridized carbons (Fsp3) is 0.842. The maximum atomic E-state index is 12.5. The van der Waals surface area contributed by atoms with E-state index in [1.54, 1.807) is 0 Å². The molecule has 0 aromatic carbocycles. The Morgan fingerprint density at radius 3 is 2.65 bits per heavy atom. The molecule has 0 saturated carbocycles. The van der Waals surface area contributed by atoms with Crippen LogP contribution in [0.3, 0.4) is 0 Å². The standard InChI is InChI=1S/C19H33NO3/c1-5-6-7-8-9-10-15-11-16-13-22-14-17(12-15)20(16)18(21)23-19(2,3)4/h11,16-17H,5-10,12-14H2,1-4H3. The van der Waals surface area contributed by atoms with Gasteiger partial charge < -0.3 is 9.47 Å². The van der Waals surface area contributed by atoms with Gasteiger partial charge in [0.2, 0.25) is 0 Å². The summed E-state index contributed by atoms with van der Waals surface area (Å²) in [6.45, 7) is 9.21. The summed E-state index contributed by atoms with van der Waals surface area (Å²) in [5.74, 6) is 0. The van der Waals surface area contributed by atoms with Gasteiger partial charge in [0.05, 0.1) is 25.3 Å². The fourth-order valence-electron chi connectivity index (χ4n) is 3.42. The number of amides is 1. The summed E-state index contributed by atoms with van der Waals surface area (Å²) in [5.41, 5.74) is 1.05. The van der Waals surface area contributed by atoms with E-state index in [-0.39, 0.29) is 18.2 Å². The predicted molar refractivity (Wildman–Crippen MR) is 92.5 cm³/mol. The van der Waals surface area contributed by atoms with Crippen LogP contribution >= 0.6 is 0 Å². The monoisotopic (exact) mass is 323 g/mol. The minimum absolute atomic E-state index is 0.0444. The van der Waals surface area contributed by atoms with Crippen LogP contribution in [0.1, 0.15) is 72.6 Å². The number of carbonyl (C=O) groups excluding carboxylic acids is 1. The second kappa shape index (κ2) is 8.18. The summed E-state index contributed by atoms with van der Waals surface area (Å²) in [4.78, 5) is 14.4. The quantitative estimate of drug-likeness (QED) is 0.526. The van der Waals surface area contributed by atoms with Crippen molar-refractivity contribution in [2.75, 3.05) is 13.2 Å². The molecule has 0 aliphatic carbocycles. The largest absolute Gasteiger partial charge is 0.444 e. The van der Waals surface area contributed by atoms with Gasteiger partial charge in [-0.25, -0.2) is 4.79 Å². The molecule has 0 radical (unpaired) electrons. The first kappa shape index (κ1) is 18.3. The molecule has 0 aromatic heterocycles. The lowest BCUT2D eigenvalue weighted by Crippen LogP contribution is -2.57. The summed E-state index contributed by atoms with van der Waals surface area (Å²) in [6.07, 6.45) is 10.7. The molecule has 2 bridgehead atoms. The highest BCUT2D eigenvalue weighted by molar-refractivity contribution is 5.70. The molecule has 2 aliphatic heterocycles. The van der Waals surface area contributed by atoms with Crippen LogP contribution in [0.4, 0.5) is 4.79 Å². The van der Waals surface area contributed by atoms with Crippen LogP contribution in [-0.2, 0) is 9.47 Å². The molecule has 4 nitrogen and oxygen atoms in total. The topological polar surface area (TPSA) is 38.8 Å². The molecule has 0 aromatic rings. The first-order valence-electron chi connectivity index (χ1n) is 9.19. The highest BCUT2D eigenvalue weighted by Gasteiger charge is 2.39. The summed E-state index contributed by atoms with van der Waals surface area (Å²) in [6, 6.07) is 0.183. The van der Waals surface area contributed by atoms with Gasteiger partial charge in [0.1, 0.15) is 5.60 Å². The molecule has 1 saturated heterocycles. The number of unbranched alkanes of at least 4 members (excludes halogenated alkanes) is 4. The molecule has 132 valence electrons. The van der Waals surface area contributed by atoms with Gasteiger partial charge in [-0.1, -0.05) is 44.3 Å². The third-order valence-corrected chi connectivity index (χ3v) is 4.48. The van der Waals surface area contributed by atoms with E-state index >= 15 is 0 Å². The van der Waals surface area contributed by atoms with Crippen LogP contribution in [0.2, 0.25) is 0 Å². The maximum absolute atomic E-state index is 12.5. The van der Waals surface area contributed by atoms with Crippen molar-refractivity contribution in [1.82, 2.24) is 4.90 Å². The zero-order chi connectivity index (χ0) is 16.9. The third kappa shape index (κ3) is 5.52. The van der Waals surface area contributed by atoms with Gasteiger partial charge in [-0.3, -0.25) is 4.90 Å². The van der Waals surface area contributed by atoms with E-state index in [9.17, 15) is 4.79 Å². The number of morpholine rings is 1. The Labute approximate surface area is 141 Å². The second-order valence-electron chi connectivity index (χ2n) is 7.84. The van der Waals surface area contributed by atoms with Crippen LogP contribution in [-0.4, -0.2) is 41.9 Å². The normalized spacial score (nSPS) is 24.3. The molecule has 2 aliphatic rings. The first-order valence-corrected chi connectivity index (χ1v) is 9.19. The number of nitrogens with zero attached hydrogens (tertiary/aromatic N) is 1. The van der Waals surface area contributed by atoms with Gasteiger partial charge >= 0.3 is 6.09 Å². The van der Waals surface area contributed by atoms with E-state index in [0.29, 0.717) is 13.2 Å². The van der Waals surface area contributed by atoms with E-state index < -0.39 is 5.60 Å². The molecule has 1 amide bonds. The van der Waals surface area contributed by atoms with Crippen molar-refractivity contribution in [3.63, 3.8) is 0 Å². The molecule has 2 rings (SSSR count). The Morgan fingerprint density at radius 2 is 2.00 bits per heavy atom. The van der Waals surface area contributed by atoms with E-state index in [1.165, 1.54) is 44.1 Å². The van der Waals surface area contributed by atoms with Crippen LogP contribution in [0.15, 0.2) is 11.6 Å². The minimum Gasteiger partial charge on any atom is -0.444 e. The van der Waals surface area contributed by atoms with Gasteiger partial charge in [-0.15, -0.1) is 0 Å². The molecule has 23 heavy (non-hydrogen) atoms. The van der Waals surface area contributed by atoms with Crippen LogP contribution < -0.4 is 0 Å². The molecular weight excluding hydrogens is 290 g/mol. The van der Waals surface area contributed by atoms with Gasteiger partial charge in [0.15, 0.2) is 0 Å². The summed E-state index contributed by atoms with van der Waals surface area (Å²) < 4.78 is 11.2. The highest BCUT2D eigenvalue weighted by atomic mass is 16.6. The number of carbonyl (C=O) groups is 1. The zero-order valence-electron chi connectivity index (χ0n) is 15.3. The Bertz CT molecular complexity index is 425. The van der Waals surface area contributed by atoms with Crippen molar-refractivity contribution < 1.29 is 14.3 Å².